The number of hydrogen-bond acceptors (Lipinski definition) is 0. The first-order valence-corrected chi connectivity index (χ1v) is 5.71. The summed E-state index contributed by atoms with van der Waals surface area (Å²) in [6.07, 6.45) is 9.62. The summed E-state index contributed by atoms with van der Waals surface area (Å²) in [6, 6.07) is 0. The van der Waals surface area contributed by atoms with E-state index >= 15 is 0 Å². The Morgan fingerprint density at radius 2 is 2.21 bits per heavy atom. The molecule has 0 N–H and O–H groups in total. The molecule has 0 aromatic rings. The van der Waals surface area contributed by atoms with E-state index in [4.69, 9.17) is 0 Å². The standard InChI is InChI=1S/C14H18/c1-9-5-4-6-11-7-8-12-10(2)13(12)14(9,11)3/h4,6-7,9,12-13H,2,5,8H2,1,3H3/t9-,12-,13+,14-/m1/s1. The Bertz CT molecular complexity index is 358. The predicted octanol–water partition coefficient (Wildman–Crippen LogP) is 3.72. The van der Waals surface area contributed by atoms with Crippen LogP contribution in [0, 0.1) is 23.2 Å². The van der Waals surface area contributed by atoms with Crippen molar-refractivity contribution >= 4 is 0 Å². The van der Waals surface area contributed by atoms with Crippen molar-refractivity contribution in [2.45, 2.75) is 26.7 Å². The van der Waals surface area contributed by atoms with Gasteiger partial charge in [-0.1, -0.05) is 44.2 Å². The highest BCUT2D eigenvalue weighted by Crippen LogP contribution is 2.66. The van der Waals surface area contributed by atoms with Crippen molar-refractivity contribution in [3.05, 3.63) is 36.0 Å². The molecule has 1 saturated carbocycles. The zero-order chi connectivity index (χ0) is 9.92. The summed E-state index contributed by atoms with van der Waals surface area (Å²) in [5.41, 5.74) is 3.51. The minimum Gasteiger partial charge on any atom is -0.0992 e. The van der Waals surface area contributed by atoms with Crippen molar-refractivity contribution in [3.63, 3.8) is 0 Å². The molecular weight excluding hydrogens is 168 g/mol. The van der Waals surface area contributed by atoms with Crippen molar-refractivity contribution in [1.82, 2.24) is 0 Å². The lowest BCUT2D eigenvalue weighted by Gasteiger charge is -2.42. The number of rotatable bonds is 0. The Balaban J connectivity index is 2.11. The van der Waals surface area contributed by atoms with E-state index in [1.807, 2.05) is 0 Å². The monoisotopic (exact) mass is 186 g/mol. The van der Waals surface area contributed by atoms with Gasteiger partial charge in [-0.25, -0.2) is 0 Å². The van der Waals surface area contributed by atoms with Crippen LogP contribution < -0.4 is 0 Å². The van der Waals surface area contributed by atoms with E-state index in [0.29, 0.717) is 5.41 Å². The van der Waals surface area contributed by atoms with Gasteiger partial charge in [-0.2, -0.15) is 0 Å². The summed E-state index contributed by atoms with van der Waals surface area (Å²) in [7, 11) is 0. The van der Waals surface area contributed by atoms with E-state index < -0.39 is 0 Å². The van der Waals surface area contributed by atoms with Crippen LogP contribution in [-0.4, -0.2) is 0 Å². The molecular formula is C14H18. The van der Waals surface area contributed by atoms with E-state index in [1.165, 1.54) is 18.4 Å². The van der Waals surface area contributed by atoms with Gasteiger partial charge in [0, 0.05) is 5.41 Å². The summed E-state index contributed by atoms with van der Waals surface area (Å²) >= 11 is 0. The molecule has 74 valence electrons. The summed E-state index contributed by atoms with van der Waals surface area (Å²) in [5, 5.41) is 0. The Morgan fingerprint density at radius 1 is 1.43 bits per heavy atom. The molecule has 3 aliphatic carbocycles. The molecule has 1 fully saturated rings. The molecule has 0 nitrogen and oxygen atoms in total. The molecule has 3 aliphatic rings. The molecule has 0 radical (unpaired) electrons. The van der Waals surface area contributed by atoms with Crippen LogP contribution in [0.3, 0.4) is 0 Å². The summed E-state index contributed by atoms with van der Waals surface area (Å²) < 4.78 is 0. The first-order chi connectivity index (χ1) is 6.65. The van der Waals surface area contributed by atoms with Crippen LogP contribution in [-0.2, 0) is 0 Å². The lowest BCUT2D eigenvalue weighted by molar-refractivity contribution is 0.201. The Hall–Kier alpha value is -0.780. The van der Waals surface area contributed by atoms with Crippen LogP contribution in [0.1, 0.15) is 26.7 Å². The van der Waals surface area contributed by atoms with Gasteiger partial charge in [0.25, 0.3) is 0 Å². The summed E-state index contributed by atoms with van der Waals surface area (Å²) in [5.74, 6) is 2.39. The lowest BCUT2D eigenvalue weighted by atomic mass is 9.62. The third-order valence-electron chi connectivity index (χ3n) is 4.84. The quantitative estimate of drug-likeness (QED) is 0.506. The maximum atomic E-state index is 4.22. The molecule has 0 heterocycles. The van der Waals surface area contributed by atoms with Crippen molar-refractivity contribution in [3.8, 4) is 0 Å². The molecule has 0 amide bonds. The van der Waals surface area contributed by atoms with Crippen molar-refractivity contribution in [2.24, 2.45) is 23.2 Å². The van der Waals surface area contributed by atoms with Crippen molar-refractivity contribution in [1.29, 1.82) is 0 Å². The molecule has 0 aromatic heterocycles. The van der Waals surface area contributed by atoms with E-state index in [9.17, 15) is 0 Å². The van der Waals surface area contributed by atoms with Crippen LogP contribution >= 0.6 is 0 Å². The molecule has 0 unspecified atom stereocenters. The molecule has 0 saturated heterocycles. The topological polar surface area (TPSA) is 0 Å². The fourth-order valence-corrected chi connectivity index (χ4v) is 3.60. The van der Waals surface area contributed by atoms with Crippen molar-refractivity contribution in [2.75, 3.05) is 0 Å². The maximum Gasteiger partial charge on any atom is 0.00212 e. The number of hydrogen-bond donors (Lipinski definition) is 0. The third-order valence-corrected chi connectivity index (χ3v) is 4.84. The highest BCUT2D eigenvalue weighted by molar-refractivity contribution is 5.45. The lowest BCUT2D eigenvalue weighted by Crippen LogP contribution is -2.34. The molecule has 0 bridgehead atoms. The second-order valence-corrected chi connectivity index (χ2v) is 5.38. The van der Waals surface area contributed by atoms with Gasteiger partial charge in [0.1, 0.15) is 0 Å². The average Bonchev–Trinajstić information content (AvgIpc) is 2.81. The maximum absolute atomic E-state index is 4.22. The van der Waals surface area contributed by atoms with Crippen LogP contribution in [0.2, 0.25) is 0 Å². The molecule has 0 heteroatoms. The largest absolute Gasteiger partial charge is 0.0992 e. The smallest absolute Gasteiger partial charge is 0.00212 e. The van der Waals surface area contributed by atoms with Gasteiger partial charge in [-0.3, -0.25) is 0 Å². The predicted molar refractivity (Wildman–Crippen MR) is 59.8 cm³/mol. The van der Waals surface area contributed by atoms with Gasteiger partial charge in [0.05, 0.1) is 0 Å². The second kappa shape index (κ2) is 2.42. The highest BCUT2D eigenvalue weighted by atomic mass is 14.6. The molecule has 0 aliphatic heterocycles. The average molecular weight is 186 g/mol. The molecule has 0 spiro atoms. The van der Waals surface area contributed by atoms with E-state index in [0.717, 1.165) is 17.8 Å². The van der Waals surface area contributed by atoms with Gasteiger partial charge < -0.3 is 0 Å². The third kappa shape index (κ3) is 0.802. The summed E-state index contributed by atoms with van der Waals surface area (Å²) in [6.45, 7) is 9.07. The fourth-order valence-electron chi connectivity index (χ4n) is 3.60. The zero-order valence-corrected chi connectivity index (χ0v) is 9.09. The van der Waals surface area contributed by atoms with Crippen LogP contribution in [0.25, 0.3) is 0 Å². The van der Waals surface area contributed by atoms with E-state index in [1.54, 1.807) is 5.57 Å². The first-order valence-electron chi connectivity index (χ1n) is 5.71. The van der Waals surface area contributed by atoms with Gasteiger partial charge in [-0.05, 0) is 36.2 Å². The Labute approximate surface area is 86.4 Å². The second-order valence-electron chi connectivity index (χ2n) is 5.38. The SMILES string of the molecule is C=C1[C@H]2CC=C3C=CC[C@@H](C)[C@@]3(C)[C@@H]12. The van der Waals surface area contributed by atoms with Crippen molar-refractivity contribution < 1.29 is 0 Å². The summed E-state index contributed by atoms with van der Waals surface area (Å²) in [4.78, 5) is 0. The number of fused-ring (bicyclic) bond motifs is 3. The van der Waals surface area contributed by atoms with Gasteiger partial charge >= 0.3 is 0 Å². The normalized spacial score (nSPS) is 49.4. The Kier molecular flexibility index (Phi) is 1.47. The molecule has 14 heavy (non-hydrogen) atoms. The first kappa shape index (κ1) is 8.52. The number of allylic oxidation sites excluding steroid dienone is 5. The van der Waals surface area contributed by atoms with Gasteiger partial charge in [-0.15, -0.1) is 0 Å². The van der Waals surface area contributed by atoms with Crippen LogP contribution in [0.15, 0.2) is 36.0 Å². The fraction of sp³-hybridized carbons (Fsp3) is 0.571. The minimum atomic E-state index is 0.411. The van der Waals surface area contributed by atoms with E-state index in [2.05, 4.69) is 38.7 Å². The Morgan fingerprint density at radius 3 is 3.00 bits per heavy atom. The highest BCUT2D eigenvalue weighted by Gasteiger charge is 2.58. The van der Waals surface area contributed by atoms with E-state index in [-0.39, 0.29) is 0 Å². The van der Waals surface area contributed by atoms with Crippen LogP contribution in [0.4, 0.5) is 0 Å². The minimum absolute atomic E-state index is 0.411. The molecule has 3 rings (SSSR count). The van der Waals surface area contributed by atoms with Gasteiger partial charge in [0.2, 0.25) is 0 Å². The molecule has 0 aromatic carbocycles. The molecule has 4 atom stereocenters. The zero-order valence-electron chi connectivity index (χ0n) is 9.09. The van der Waals surface area contributed by atoms with Crippen LogP contribution in [0.5, 0.6) is 0 Å². The van der Waals surface area contributed by atoms with Gasteiger partial charge in [0.15, 0.2) is 0 Å².